The highest BCUT2D eigenvalue weighted by Gasteiger charge is 2.33. The predicted molar refractivity (Wildman–Crippen MR) is 83.3 cm³/mol. The number of rotatable bonds is 5. The van der Waals surface area contributed by atoms with E-state index in [0.29, 0.717) is 13.2 Å². The van der Waals surface area contributed by atoms with E-state index in [4.69, 9.17) is 9.47 Å². The van der Waals surface area contributed by atoms with Crippen molar-refractivity contribution in [3.63, 3.8) is 0 Å². The summed E-state index contributed by atoms with van der Waals surface area (Å²) in [6, 6.07) is 9.03. The highest BCUT2D eigenvalue weighted by molar-refractivity contribution is 5.94. The summed E-state index contributed by atoms with van der Waals surface area (Å²) in [6.45, 7) is 1.37. The summed E-state index contributed by atoms with van der Waals surface area (Å²) in [6.07, 6.45) is 2.68. The Balaban J connectivity index is 1.57. The van der Waals surface area contributed by atoms with Crippen molar-refractivity contribution >= 4 is 11.8 Å². The Morgan fingerprint density at radius 1 is 1.22 bits per heavy atom. The van der Waals surface area contributed by atoms with E-state index < -0.39 is 6.04 Å². The number of amides is 2. The number of benzene rings is 1. The minimum Gasteiger partial charge on any atom is -0.353 e. The van der Waals surface area contributed by atoms with Crippen LogP contribution in [-0.4, -0.2) is 48.8 Å². The molecule has 1 aromatic carbocycles. The minimum atomic E-state index is -0.634. The van der Waals surface area contributed by atoms with Crippen LogP contribution in [0.15, 0.2) is 30.3 Å². The van der Waals surface area contributed by atoms with E-state index in [2.05, 4.69) is 5.32 Å². The molecule has 6 heteroatoms. The molecule has 0 saturated carbocycles. The van der Waals surface area contributed by atoms with Gasteiger partial charge in [0.05, 0.1) is 13.2 Å². The highest BCUT2D eigenvalue weighted by atomic mass is 16.7. The molecule has 23 heavy (non-hydrogen) atoms. The number of nitrogens with zero attached hydrogens (tertiary/aromatic N) is 1. The fraction of sp³-hybridized carbons (Fsp3) is 0.529. The van der Waals surface area contributed by atoms with Gasteiger partial charge in [-0.2, -0.15) is 0 Å². The van der Waals surface area contributed by atoms with E-state index in [0.717, 1.165) is 24.8 Å². The number of carbonyl (C=O) groups excluding carboxylic acids is 2. The van der Waals surface area contributed by atoms with Gasteiger partial charge in [0.15, 0.2) is 6.29 Å². The van der Waals surface area contributed by atoms with Crippen LogP contribution >= 0.6 is 0 Å². The maximum atomic E-state index is 12.5. The van der Waals surface area contributed by atoms with Crippen LogP contribution in [-0.2, 0) is 25.6 Å². The van der Waals surface area contributed by atoms with Crippen LogP contribution in [0.25, 0.3) is 0 Å². The Hall–Kier alpha value is -1.92. The number of nitrogens with one attached hydrogen (secondary N) is 1. The Labute approximate surface area is 135 Å². The number of hydrogen-bond acceptors (Lipinski definition) is 4. The summed E-state index contributed by atoms with van der Waals surface area (Å²) in [5, 5.41) is 2.71. The Kier molecular flexibility index (Phi) is 5.25. The van der Waals surface area contributed by atoms with Crippen molar-refractivity contribution in [2.75, 3.05) is 19.8 Å². The predicted octanol–water partition coefficient (Wildman–Crippen LogP) is 1.06. The smallest absolute Gasteiger partial charge is 0.248 e. The lowest BCUT2D eigenvalue weighted by Crippen LogP contribution is -2.59. The van der Waals surface area contributed by atoms with Crippen molar-refractivity contribution in [1.82, 2.24) is 10.2 Å². The topological polar surface area (TPSA) is 67.9 Å². The van der Waals surface area contributed by atoms with Crippen LogP contribution in [0.4, 0.5) is 0 Å². The summed E-state index contributed by atoms with van der Waals surface area (Å²) < 4.78 is 11.1. The van der Waals surface area contributed by atoms with E-state index >= 15 is 0 Å². The van der Waals surface area contributed by atoms with Crippen molar-refractivity contribution < 1.29 is 19.1 Å². The Bertz CT molecular complexity index is 543. The lowest BCUT2D eigenvalue weighted by Gasteiger charge is -2.33. The molecule has 0 aromatic heterocycles. The Morgan fingerprint density at radius 3 is 2.78 bits per heavy atom. The van der Waals surface area contributed by atoms with Gasteiger partial charge in [-0.25, -0.2) is 0 Å². The van der Waals surface area contributed by atoms with E-state index in [1.807, 2.05) is 30.3 Å². The van der Waals surface area contributed by atoms with E-state index in [1.165, 1.54) is 0 Å². The molecule has 2 saturated heterocycles. The average Bonchev–Trinajstić information content (AvgIpc) is 2.58. The average molecular weight is 318 g/mol. The molecule has 6 nitrogen and oxygen atoms in total. The SMILES string of the molecule is O=C1CN(Cc2ccccc2)C(=O)C(CO[C@@H]2CCCCO2)N1. The van der Waals surface area contributed by atoms with Gasteiger partial charge in [0.25, 0.3) is 0 Å². The molecular formula is C17H22N2O4. The lowest BCUT2D eigenvalue weighted by molar-refractivity contribution is -0.173. The molecule has 2 atom stereocenters. The van der Waals surface area contributed by atoms with Gasteiger partial charge < -0.3 is 19.7 Å². The first-order valence-corrected chi connectivity index (χ1v) is 8.07. The van der Waals surface area contributed by atoms with Gasteiger partial charge in [-0.15, -0.1) is 0 Å². The van der Waals surface area contributed by atoms with Crippen molar-refractivity contribution in [3.8, 4) is 0 Å². The van der Waals surface area contributed by atoms with Gasteiger partial charge in [-0.3, -0.25) is 9.59 Å². The largest absolute Gasteiger partial charge is 0.353 e. The highest BCUT2D eigenvalue weighted by Crippen LogP contribution is 2.15. The fourth-order valence-corrected chi connectivity index (χ4v) is 2.87. The molecule has 0 spiro atoms. The zero-order chi connectivity index (χ0) is 16.1. The third-order valence-electron chi connectivity index (χ3n) is 4.08. The van der Waals surface area contributed by atoms with Crippen LogP contribution in [0.3, 0.4) is 0 Å². The van der Waals surface area contributed by atoms with Gasteiger partial charge in [0.2, 0.25) is 11.8 Å². The van der Waals surface area contributed by atoms with Crippen LogP contribution in [0.1, 0.15) is 24.8 Å². The Morgan fingerprint density at radius 2 is 2.04 bits per heavy atom. The molecule has 0 bridgehead atoms. The van der Waals surface area contributed by atoms with Crippen molar-refractivity contribution in [3.05, 3.63) is 35.9 Å². The zero-order valence-corrected chi connectivity index (χ0v) is 13.1. The number of carbonyl (C=O) groups is 2. The second kappa shape index (κ2) is 7.57. The number of ether oxygens (including phenoxy) is 2. The maximum absolute atomic E-state index is 12.5. The van der Waals surface area contributed by atoms with E-state index in [-0.39, 0.29) is 31.3 Å². The van der Waals surface area contributed by atoms with E-state index in [1.54, 1.807) is 4.90 Å². The van der Waals surface area contributed by atoms with Gasteiger partial charge in [-0.05, 0) is 24.8 Å². The maximum Gasteiger partial charge on any atom is 0.248 e. The molecule has 2 aliphatic heterocycles. The minimum absolute atomic E-state index is 0.0875. The molecule has 0 aliphatic carbocycles. The first-order chi connectivity index (χ1) is 11.2. The molecule has 124 valence electrons. The van der Waals surface area contributed by atoms with Gasteiger partial charge in [0, 0.05) is 13.2 Å². The monoisotopic (exact) mass is 318 g/mol. The van der Waals surface area contributed by atoms with Crippen LogP contribution in [0.5, 0.6) is 0 Å². The normalized spacial score (nSPS) is 25.3. The molecule has 1 N–H and O–H groups in total. The van der Waals surface area contributed by atoms with Crippen LogP contribution in [0.2, 0.25) is 0 Å². The molecular weight excluding hydrogens is 296 g/mol. The third kappa shape index (κ3) is 4.30. The zero-order valence-electron chi connectivity index (χ0n) is 13.1. The second-order valence-electron chi connectivity index (χ2n) is 5.93. The standard InChI is InChI=1S/C17H22N2O4/c20-15-11-19(10-13-6-2-1-3-7-13)17(21)14(18-15)12-23-16-8-4-5-9-22-16/h1-3,6-7,14,16H,4-5,8-12H2,(H,18,20)/t14?,16-/m1/s1. The summed E-state index contributed by atoms with van der Waals surface area (Å²) in [7, 11) is 0. The second-order valence-corrected chi connectivity index (χ2v) is 5.93. The quantitative estimate of drug-likeness (QED) is 0.881. The molecule has 1 unspecified atom stereocenters. The molecule has 0 radical (unpaired) electrons. The molecule has 2 fully saturated rings. The molecule has 1 aromatic rings. The summed E-state index contributed by atoms with van der Waals surface area (Å²) in [4.78, 5) is 26.0. The number of piperazine rings is 1. The molecule has 2 heterocycles. The summed E-state index contributed by atoms with van der Waals surface area (Å²) >= 11 is 0. The van der Waals surface area contributed by atoms with E-state index in [9.17, 15) is 9.59 Å². The van der Waals surface area contributed by atoms with Crippen LogP contribution < -0.4 is 5.32 Å². The lowest BCUT2D eigenvalue weighted by atomic mass is 10.1. The third-order valence-corrected chi connectivity index (χ3v) is 4.08. The fourth-order valence-electron chi connectivity index (χ4n) is 2.87. The first-order valence-electron chi connectivity index (χ1n) is 8.07. The van der Waals surface area contributed by atoms with Crippen molar-refractivity contribution in [2.45, 2.75) is 38.1 Å². The van der Waals surface area contributed by atoms with Gasteiger partial charge in [-0.1, -0.05) is 30.3 Å². The number of hydrogen-bond donors (Lipinski definition) is 1. The van der Waals surface area contributed by atoms with Crippen LogP contribution in [0, 0.1) is 0 Å². The van der Waals surface area contributed by atoms with Gasteiger partial charge >= 0.3 is 0 Å². The summed E-state index contributed by atoms with van der Waals surface area (Å²) in [5.41, 5.74) is 1.01. The van der Waals surface area contributed by atoms with Gasteiger partial charge in [0.1, 0.15) is 6.04 Å². The van der Waals surface area contributed by atoms with Crippen molar-refractivity contribution in [2.24, 2.45) is 0 Å². The molecule has 2 aliphatic rings. The summed E-state index contributed by atoms with van der Waals surface area (Å²) in [5.74, 6) is -0.261. The first kappa shape index (κ1) is 16.0. The molecule has 3 rings (SSSR count). The van der Waals surface area contributed by atoms with Crippen molar-refractivity contribution in [1.29, 1.82) is 0 Å². The molecule has 2 amide bonds.